The van der Waals surface area contributed by atoms with Crippen molar-refractivity contribution in [2.24, 2.45) is 5.41 Å². The standard InChI is InChI=1S/C29H31Cl2F4N3O4/c1-17-12-19(30)22(20(31)13-17)21(39)15-37(16-27(32)4-2-3-5-27)24(40)18-14-36-38(23(18)29(33,34)35)28-9-6-26(7-10-28,8-11-28)25(41)42/h12-14H,2-11,15-16H2,1H3,(H,41,42). The summed E-state index contributed by atoms with van der Waals surface area (Å²) in [6.07, 6.45) is -1.77. The van der Waals surface area contributed by atoms with Gasteiger partial charge in [0.25, 0.3) is 5.91 Å². The fourth-order valence-corrected chi connectivity index (χ4v) is 7.85. The van der Waals surface area contributed by atoms with Gasteiger partial charge in [-0.15, -0.1) is 0 Å². The zero-order chi connectivity index (χ0) is 30.7. The molecule has 4 aliphatic rings. The maximum atomic E-state index is 15.7. The highest BCUT2D eigenvalue weighted by Gasteiger charge is 2.56. The van der Waals surface area contributed by atoms with Gasteiger partial charge in [0.1, 0.15) is 5.67 Å². The number of amides is 1. The van der Waals surface area contributed by atoms with Gasteiger partial charge in [0.15, 0.2) is 11.5 Å². The van der Waals surface area contributed by atoms with Crippen LogP contribution < -0.4 is 0 Å². The van der Waals surface area contributed by atoms with Crippen molar-refractivity contribution in [2.75, 3.05) is 13.1 Å². The van der Waals surface area contributed by atoms with E-state index in [1.54, 1.807) is 6.92 Å². The number of hydrogen-bond donors (Lipinski definition) is 1. The lowest BCUT2D eigenvalue weighted by molar-refractivity contribution is -0.163. The molecule has 0 saturated heterocycles. The number of benzene rings is 1. The maximum absolute atomic E-state index is 15.7. The second kappa shape index (κ2) is 10.8. The van der Waals surface area contributed by atoms with Crippen molar-refractivity contribution in [1.29, 1.82) is 0 Å². The van der Waals surface area contributed by atoms with Crippen molar-refractivity contribution < 1.29 is 37.1 Å². The van der Waals surface area contributed by atoms with Crippen LogP contribution in [0.2, 0.25) is 10.0 Å². The van der Waals surface area contributed by atoms with E-state index < -0.39 is 64.8 Å². The minimum absolute atomic E-state index is 0.0168. The van der Waals surface area contributed by atoms with E-state index in [1.807, 2.05) is 0 Å². The van der Waals surface area contributed by atoms with E-state index >= 15 is 4.39 Å². The largest absolute Gasteiger partial charge is 0.481 e. The predicted molar refractivity (Wildman–Crippen MR) is 147 cm³/mol. The van der Waals surface area contributed by atoms with Gasteiger partial charge in [-0.25, -0.2) is 4.39 Å². The first-order valence-electron chi connectivity index (χ1n) is 14.0. The van der Waals surface area contributed by atoms with Crippen molar-refractivity contribution in [3.8, 4) is 0 Å². The van der Waals surface area contributed by atoms with Crippen LogP contribution in [0.1, 0.15) is 96.2 Å². The number of aryl methyl sites for hydroxylation is 1. The van der Waals surface area contributed by atoms with E-state index in [2.05, 4.69) is 5.10 Å². The summed E-state index contributed by atoms with van der Waals surface area (Å²) in [5.74, 6) is -2.86. The third-order valence-corrected chi connectivity index (χ3v) is 10.0. The number of ketones is 1. The number of carboxylic acids is 1. The number of aromatic nitrogens is 2. The van der Waals surface area contributed by atoms with Gasteiger partial charge in [-0.05, 0) is 76.0 Å². The Labute approximate surface area is 250 Å². The average molecular weight is 632 g/mol. The molecule has 7 nitrogen and oxygen atoms in total. The van der Waals surface area contributed by atoms with Crippen LogP contribution in [0.3, 0.4) is 0 Å². The summed E-state index contributed by atoms with van der Waals surface area (Å²) in [5, 5.41) is 13.8. The minimum Gasteiger partial charge on any atom is -0.481 e. The van der Waals surface area contributed by atoms with E-state index in [0.29, 0.717) is 18.4 Å². The monoisotopic (exact) mass is 631 g/mol. The molecular weight excluding hydrogens is 601 g/mol. The molecule has 4 saturated carbocycles. The van der Waals surface area contributed by atoms with Gasteiger partial charge in [0, 0.05) is 0 Å². The molecule has 0 radical (unpaired) electrons. The normalized spacial score (nSPS) is 25.0. The summed E-state index contributed by atoms with van der Waals surface area (Å²) in [6.45, 7) is 0.403. The van der Waals surface area contributed by atoms with Gasteiger partial charge in [0.2, 0.25) is 0 Å². The zero-order valence-corrected chi connectivity index (χ0v) is 24.5. The number of fused-ring (bicyclic) bond motifs is 3. The Morgan fingerprint density at radius 2 is 1.55 bits per heavy atom. The quantitative estimate of drug-likeness (QED) is 0.244. The molecule has 4 fully saturated rings. The Hall–Kier alpha value is -2.66. The smallest absolute Gasteiger partial charge is 0.433 e. The first kappa shape index (κ1) is 30.8. The highest BCUT2D eigenvalue weighted by Crippen LogP contribution is 2.56. The molecule has 2 aromatic rings. The SMILES string of the molecule is Cc1cc(Cl)c(C(=O)CN(CC2(F)CCCC2)C(=O)c2cnn(C34CCC(C(=O)O)(CC3)CC4)c2C(F)(F)F)c(Cl)c1. The zero-order valence-electron chi connectivity index (χ0n) is 23.0. The van der Waals surface area contributed by atoms with E-state index in [1.165, 1.54) is 12.1 Å². The maximum Gasteiger partial charge on any atom is 0.433 e. The van der Waals surface area contributed by atoms with E-state index in [4.69, 9.17) is 23.2 Å². The Bertz CT molecular complexity index is 1390. The molecule has 6 rings (SSSR count). The average Bonchev–Trinajstić information content (AvgIpc) is 3.56. The van der Waals surface area contributed by atoms with Crippen LogP contribution in [-0.2, 0) is 16.5 Å². The number of carboxylic acid groups (broad SMARTS) is 1. The van der Waals surface area contributed by atoms with Gasteiger partial charge in [-0.1, -0.05) is 36.0 Å². The van der Waals surface area contributed by atoms with Crippen molar-refractivity contribution in [3.05, 3.63) is 50.8 Å². The van der Waals surface area contributed by atoms with Crippen molar-refractivity contribution >= 4 is 40.9 Å². The molecule has 42 heavy (non-hydrogen) atoms. The van der Waals surface area contributed by atoms with Crippen molar-refractivity contribution in [1.82, 2.24) is 14.7 Å². The molecule has 1 N–H and O–H groups in total. The molecule has 1 aromatic heterocycles. The third kappa shape index (κ3) is 5.42. The second-order valence-corrected chi connectivity index (χ2v) is 13.0. The molecule has 0 unspecified atom stereocenters. The fourth-order valence-electron chi connectivity index (χ4n) is 7.04. The Morgan fingerprint density at radius 3 is 2.05 bits per heavy atom. The van der Waals surface area contributed by atoms with Crippen LogP contribution in [0.4, 0.5) is 17.6 Å². The molecule has 1 aromatic carbocycles. The third-order valence-electron chi connectivity index (χ3n) is 9.44. The van der Waals surface area contributed by atoms with Gasteiger partial charge in [0.05, 0.1) is 51.4 Å². The molecule has 0 spiro atoms. The van der Waals surface area contributed by atoms with Gasteiger partial charge in [-0.3, -0.25) is 19.1 Å². The van der Waals surface area contributed by atoms with Crippen LogP contribution >= 0.6 is 23.2 Å². The summed E-state index contributed by atoms with van der Waals surface area (Å²) < 4.78 is 60.6. The summed E-state index contributed by atoms with van der Waals surface area (Å²) in [7, 11) is 0. The van der Waals surface area contributed by atoms with E-state index in [-0.39, 0.29) is 67.0 Å². The van der Waals surface area contributed by atoms with Crippen LogP contribution in [0.25, 0.3) is 0 Å². The minimum atomic E-state index is -5.00. The topological polar surface area (TPSA) is 92.5 Å². The number of nitrogens with zero attached hydrogens (tertiary/aromatic N) is 3. The summed E-state index contributed by atoms with van der Waals surface area (Å²) in [5.41, 5.74) is -5.41. The Balaban J connectivity index is 1.52. The number of aliphatic carboxylic acids is 1. The number of Topliss-reactive ketones (excluding diaryl/α,β-unsaturated/α-hetero) is 1. The molecule has 0 aliphatic heterocycles. The number of carbonyl (C=O) groups excluding carboxylic acids is 2. The molecule has 2 bridgehead atoms. The van der Waals surface area contributed by atoms with Gasteiger partial charge >= 0.3 is 12.1 Å². The Kier molecular flexibility index (Phi) is 7.92. The van der Waals surface area contributed by atoms with E-state index in [9.17, 15) is 32.7 Å². The van der Waals surface area contributed by atoms with Crippen LogP contribution in [-0.4, -0.2) is 56.2 Å². The first-order valence-corrected chi connectivity index (χ1v) is 14.7. The lowest BCUT2D eigenvalue weighted by Gasteiger charge is -2.51. The van der Waals surface area contributed by atoms with Crippen LogP contribution in [0, 0.1) is 12.3 Å². The van der Waals surface area contributed by atoms with Crippen LogP contribution in [0.5, 0.6) is 0 Å². The highest BCUT2D eigenvalue weighted by atomic mass is 35.5. The van der Waals surface area contributed by atoms with E-state index in [0.717, 1.165) is 15.8 Å². The molecule has 1 amide bonds. The molecular formula is C29H31Cl2F4N3O4. The highest BCUT2D eigenvalue weighted by molar-refractivity contribution is 6.40. The Morgan fingerprint density at radius 1 is 1.00 bits per heavy atom. The molecule has 1 heterocycles. The number of alkyl halides is 4. The van der Waals surface area contributed by atoms with Crippen molar-refractivity contribution in [2.45, 2.75) is 88.5 Å². The molecule has 13 heteroatoms. The number of rotatable bonds is 8. The first-order chi connectivity index (χ1) is 19.6. The lowest BCUT2D eigenvalue weighted by atomic mass is 9.57. The second-order valence-electron chi connectivity index (χ2n) is 12.2. The predicted octanol–water partition coefficient (Wildman–Crippen LogP) is 7.26. The molecule has 0 atom stereocenters. The van der Waals surface area contributed by atoms with Gasteiger partial charge in [-0.2, -0.15) is 18.3 Å². The summed E-state index contributed by atoms with van der Waals surface area (Å²) in [4.78, 5) is 39.9. The summed E-state index contributed by atoms with van der Waals surface area (Å²) in [6, 6.07) is 3.00. The number of carbonyl (C=O) groups is 3. The molecule has 228 valence electrons. The van der Waals surface area contributed by atoms with Gasteiger partial charge < -0.3 is 10.0 Å². The lowest BCUT2D eigenvalue weighted by Crippen LogP contribution is -2.52. The van der Waals surface area contributed by atoms with Crippen molar-refractivity contribution in [3.63, 3.8) is 0 Å². The number of halogens is 6. The molecule has 4 aliphatic carbocycles. The summed E-state index contributed by atoms with van der Waals surface area (Å²) >= 11 is 12.5. The number of hydrogen-bond acceptors (Lipinski definition) is 4. The fraction of sp³-hybridized carbons (Fsp3) is 0.586. The van der Waals surface area contributed by atoms with Crippen LogP contribution in [0.15, 0.2) is 18.3 Å².